The highest BCUT2D eigenvalue weighted by Crippen LogP contribution is 1.68. The maximum Gasteiger partial charge on any atom is 0.0541 e. The predicted octanol–water partition coefficient (Wildman–Crippen LogP) is -10.8. The van der Waals surface area contributed by atoms with Gasteiger partial charge in [0.15, 0.2) is 0 Å². The highest BCUT2D eigenvalue weighted by Gasteiger charge is 2.02. The minimum Gasteiger partial charge on any atom is -0.0923 e. The number of hydrogen-bond donors (Lipinski definition) is 0. The molecule has 0 rings (SSSR count). The van der Waals surface area contributed by atoms with Crippen molar-refractivity contribution in [2.24, 2.45) is 0 Å². The standard InChI is InChI=1S/C2H5B31/c1-2-4-6-8-10-12-14-16-18-20-22-24-26-28-30-32-33-31-29-27-25-23-21-19-17-15-13-11-9-7-5-3/h2H2,1H3. The third-order valence-electron chi connectivity index (χ3n) is 3.48. The third kappa shape index (κ3) is 34.0. The highest BCUT2D eigenvalue weighted by molar-refractivity contribution is 7.77. The lowest BCUT2D eigenvalue weighted by Gasteiger charge is -1.99. The van der Waals surface area contributed by atoms with Gasteiger partial charge in [0.2, 0.25) is 0 Å². The van der Waals surface area contributed by atoms with Gasteiger partial charge >= 0.3 is 0 Å². The number of rotatable bonds is 30. The first-order valence-electron chi connectivity index (χ1n) is 11.1. The van der Waals surface area contributed by atoms with E-state index in [0.29, 0.717) is 0 Å². The maximum absolute atomic E-state index is 5.23. The first-order chi connectivity index (χ1) is 16.4. The van der Waals surface area contributed by atoms with Gasteiger partial charge in [-0.2, -0.15) is 0 Å². The van der Waals surface area contributed by atoms with E-state index in [9.17, 15) is 0 Å². The van der Waals surface area contributed by atoms with Crippen molar-refractivity contribution in [3.8, 4) is 0 Å². The van der Waals surface area contributed by atoms with E-state index in [1.807, 2.05) is 184 Å². The molecule has 0 N–H and O–H groups in total. The third-order valence-corrected chi connectivity index (χ3v) is 3.48. The summed E-state index contributed by atoms with van der Waals surface area (Å²) in [6.45, 7) is 2.12. The summed E-state index contributed by atoms with van der Waals surface area (Å²) in [5.74, 6) is 0. The lowest BCUT2D eigenvalue weighted by atomic mass is 8.82. The van der Waals surface area contributed by atoms with Crippen LogP contribution in [-0.4, -0.2) is 220 Å². The molecule has 0 bridgehead atoms. The molecule has 0 saturated carbocycles. The van der Waals surface area contributed by atoms with Gasteiger partial charge in [-0.25, -0.2) is 0 Å². The van der Waals surface area contributed by atoms with Crippen LogP contribution in [0.3, 0.4) is 0 Å². The molecule has 33 heavy (non-hydrogen) atoms. The van der Waals surface area contributed by atoms with Crippen LogP contribution in [0.15, 0.2) is 0 Å². The second kappa shape index (κ2) is 34.0. The molecule has 0 spiro atoms. The van der Waals surface area contributed by atoms with Gasteiger partial charge in [0.25, 0.3) is 0 Å². The van der Waals surface area contributed by atoms with E-state index >= 15 is 0 Å². The zero-order valence-corrected chi connectivity index (χ0v) is 19.6. The van der Waals surface area contributed by atoms with Crippen molar-refractivity contribution >= 4 is 220 Å². The molecule has 0 nitrogen and oxygen atoms in total. The molecular formula is C2H5B31. The molecule has 0 aromatic carbocycles. The Labute approximate surface area is 231 Å². The van der Waals surface area contributed by atoms with Crippen LogP contribution < -0.4 is 0 Å². The molecule has 0 atom stereocenters. The minimum atomic E-state index is 1.07. The Bertz CT molecular complexity index is 288. The van der Waals surface area contributed by atoms with Gasteiger partial charge in [0, 0.05) is 213 Å². The van der Waals surface area contributed by atoms with Gasteiger partial charge in [-0.3, -0.25) is 0 Å². The van der Waals surface area contributed by atoms with E-state index in [1.54, 1.807) is 7.06 Å². The van der Waals surface area contributed by atoms with Gasteiger partial charge < -0.3 is 0 Å². The van der Waals surface area contributed by atoms with E-state index in [1.165, 1.54) is 7.06 Å². The van der Waals surface area contributed by atoms with Crippen LogP contribution >= 0.6 is 0 Å². The van der Waals surface area contributed by atoms with Gasteiger partial charge in [-0.15, -0.1) is 0 Å². The highest BCUT2D eigenvalue weighted by atomic mass is 13.3. The molecule has 0 aliphatic heterocycles. The molecule has 0 amide bonds. The molecule has 0 aromatic heterocycles. The van der Waals surface area contributed by atoms with Crippen LogP contribution in [0, 0.1) is 0 Å². The lowest BCUT2D eigenvalue weighted by Crippen LogP contribution is -2.37. The van der Waals surface area contributed by atoms with Crippen LogP contribution in [0.4, 0.5) is 0 Å². The predicted molar refractivity (Wildman–Crippen MR) is 189 cm³/mol. The van der Waals surface area contributed by atoms with Crippen molar-refractivity contribution in [1.82, 2.24) is 0 Å². The molecule has 0 aliphatic rings. The van der Waals surface area contributed by atoms with E-state index in [-0.39, 0.29) is 0 Å². The molecule has 0 saturated heterocycles. The normalized spacial score (nSPS) is 7.79. The Morgan fingerprint density at radius 2 is 0.485 bits per heavy atom. The average molecular weight is 364 g/mol. The fourth-order valence-corrected chi connectivity index (χ4v) is 1.95. The van der Waals surface area contributed by atoms with Crippen molar-refractivity contribution in [2.45, 2.75) is 13.2 Å². The monoisotopic (exact) mass is 370 g/mol. The Morgan fingerprint density at radius 3 is 0.667 bits per heavy atom. The Balaban J connectivity index is 2.99. The zero-order chi connectivity index (χ0) is 23.9. The second-order valence-electron chi connectivity index (χ2n) is 6.23. The zero-order valence-electron chi connectivity index (χ0n) is 19.6. The van der Waals surface area contributed by atoms with Crippen molar-refractivity contribution in [3.63, 3.8) is 0 Å². The van der Waals surface area contributed by atoms with Gasteiger partial charge in [-0.05, 0) is 0 Å². The first kappa shape index (κ1) is 35.0. The van der Waals surface area contributed by atoms with E-state index in [2.05, 4.69) is 21.2 Å². The summed E-state index contributed by atoms with van der Waals surface area (Å²) < 4.78 is 0. The molecule has 0 aromatic rings. The molecule has 0 fully saturated rings. The molecule has 0 aliphatic carbocycles. The maximum atomic E-state index is 5.23. The van der Waals surface area contributed by atoms with E-state index < -0.39 is 0 Å². The summed E-state index contributed by atoms with van der Waals surface area (Å²) in [4.78, 5) is 0. The van der Waals surface area contributed by atoms with Crippen molar-refractivity contribution in [1.29, 1.82) is 0 Å². The van der Waals surface area contributed by atoms with Gasteiger partial charge in [0.05, 0.1) is 7.17 Å². The molecule has 0 unspecified atom stereocenters. The summed E-state index contributed by atoms with van der Waals surface area (Å²) in [6.07, 6.45) is 1.07. The van der Waals surface area contributed by atoms with Crippen molar-refractivity contribution in [3.05, 3.63) is 0 Å². The fraction of sp³-hybridized carbons (Fsp3) is 1.00. The Hall–Kier alpha value is 2.01. The van der Waals surface area contributed by atoms with Gasteiger partial charge in [0.1, 0.15) is 0 Å². The Morgan fingerprint density at radius 1 is 0.303 bits per heavy atom. The van der Waals surface area contributed by atoms with Crippen LogP contribution in [0.25, 0.3) is 0 Å². The summed E-state index contributed by atoms with van der Waals surface area (Å²) in [6, 6.07) is 0. The summed E-state index contributed by atoms with van der Waals surface area (Å²) >= 11 is 0. The minimum absolute atomic E-state index is 1.07. The molecule has 31 heteroatoms. The van der Waals surface area contributed by atoms with Crippen LogP contribution in [-0.2, 0) is 0 Å². The summed E-state index contributed by atoms with van der Waals surface area (Å²) in [7, 11) is 64.3. The molecular weight excluding hydrogens is 359 g/mol. The SMILES string of the molecule is [B][B][B][B][B][B][B][B][B][B][B][B][B][B][B][B][B][B][B][B][B][B][B][B][B][B][B][B][B][B][B]CC. The van der Waals surface area contributed by atoms with Crippen molar-refractivity contribution < 1.29 is 0 Å². The van der Waals surface area contributed by atoms with Crippen LogP contribution in [0.2, 0.25) is 6.32 Å². The largest absolute Gasteiger partial charge is 0.0923 e. The van der Waals surface area contributed by atoms with Crippen LogP contribution in [0.1, 0.15) is 6.92 Å². The molecule has 106 valence electrons. The fourth-order valence-electron chi connectivity index (χ4n) is 1.95. The first-order valence-corrected chi connectivity index (χ1v) is 11.1. The average Bonchev–Trinajstić information content (AvgIpc) is 2.83. The topological polar surface area (TPSA) is 0 Å². The van der Waals surface area contributed by atoms with Crippen molar-refractivity contribution in [2.75, 3.05) is 0 Å². The lowest BCUT2D eigenvalue weighted by molar-refractivity contribution is 1.47. The van der Waals surface area contributed by atoms with Gasteiger partial charge in [-0.1, -0.05) is 13.2 Å². The smallest absolute Gasteiger partial charge is 0.0541 e. The quantitative estimate of drug-likeness (QED) is 0.0878. The molecule has 0 heterocycles. The van der Waals surface area contributed by atoms with E-state index in [0.717, 1.165) is 6.32 Å². The van der Waals surface area contributed by atoms with Crippen LogP contribution in [0.5, 0.6) is 0 Å². The number of hydrogen-bond acceptors (Lipinski definition) is 0. The summed E-state index contributed by atoms with van der Waals surface area (Å²) in [5.41, 5.74) is 0. The summed E-state index contributed by atoms with van der Waals surface area (Å²) in [5, 5.41) is 0. The molecule has 32 radical (unpaired) electrons. The van der Waals surface area contributed by atoms with E-state index in [4.69, 9.17) is 7.74 Å². The Kier molecular flexibility index (Phi) is 36.1. The second-order valence-corrected chi connectivity index (χ2v) is 6.23.